The number of benzene rings is 1. The third kappa shape index (κ3) is 4.96. The highest BCUT2D eigenvalue weighted by molar-refractivity contribution is 5.89. The van der Waals surface area contributed by atoms with Crippen LogP contribution in [0.2, 0.25) is 0 Å². The fourth-order valence-electron chi connectivity index (χ4n) is 4.94. The summed E-state index contributed by atoms with van der Waals surface area (Å²) in [5, 5.41) is 15.9. The molecule has 8 nitrogen and oxygen atoms in total. The molecule has 3 N–H and O–H groups in total. The Morgan fingerprint density at radius 3 is 2.68 bits per heavy atom. The Hall–Kier alpha value is -2.32. The number of hydrogen-bond acceptors (Lipinski definition) is 5. The summed E-state index contributed by atoms with van der Waals surface area (Å²) >= 11 is 0. The largest absolute Gasteiger partial charge is 0.487 e. The summed E-state index contributed by atoms with van der Waals surface area (Å²) in [4.78, 5) is 26.2. The molecular formula is C23H33N3O5. The van der Waals surface area contributed by atoms with Gasteiger partial charge in [-0.05, 0) is 37.5 Å². The van der Waals surface area contributed by atoms with Gasteiger partial charge in [0.1, 0.15) is 18.0 Å². The molecule has 2 aliphatic heterocycles. The molecule has 8 heteroatoms. The first kappa shape index (κ1) is 21.9. The lowest BCUT2D eigenvalue weighted by Crippen LogP contribution is -2.47. The first-order valence-corrected chi connectivity index (χ1v) is 11.3. The van der Waals surface area contributed by atoms with Gasteiger partial charge in [-0.1, -0.05) is 19.3 Å². The number of carbonyl (C=O) groups excluding carboxylic acids is 2. The lowest BCUT2D eigenvalue weighted by atomic mass is 9.84. The van der Waals surface area contributed by atoms with Gasteiger partial charge in [0.2, 0.25) is 5.91 Å². The van der Waals surface area contributed by atoms with Crippen LogP contribution in [0.5, 0.6) is 5.75 Å². The molecule has 4 rings (SSSR count). The van der Waals surface area contributed by atoms with Crippen molar-refractivity contribution in [3.05, 3.63) is 23.8 Å². The number of rotatable bonds is 5. The van der Waals surface area contributed by atoms with E-state index in [1.807, 2.05) is 18.2 Å². The fourth-order valence-corrected chi connectivity index (χ4v) is 4.94. The lowest BCUT2D eigenvalue weighted by Gasteiger charge is -2.37. The van der Waals surface area contributed by atoms with Crippen molar-refractivity contribution in [1.82, 2.24) is 10.2 Å². The predicted octanol–water partition coefficient (Wildman–Crippen LogP) is 2.61. The van der Waals surface area contributed by atoms with Crippen LogP contribution in [0.1, 0.15) is 56.4 Å². The van der Waals surface area contributed by atoms with Gasteiger partial charge >= 0.3 is 6.03 Å². The second-order valence-corrected chi connectivity index (χ2v) is 9.08. The van der Waals surface area contributed by atoms with E-state index in [0.29, 0.717) is 12.1 Å². The number of ether oxygens (including phenoxy) is 2. The van der Waals surface area contributed by atoms with Gasteiger partial charge < -0.3 is 30.1 Å². The Morgan fingerprint density at radius 2 is 1.97 bits per heavy atom. The van der Waals surface area contributed by atoms with Crippen molar-refractivity contribution in [2.45, 2.75) is 75.2 Å². The van der Waals surface area contributed by atoms with E-state index in [4.69, 9.17) is 9.47 Å². The summed E-state index contributed by atoms with van der Waals surface area (Å²) in [7, 11) is 3.45. The van der Waals surface area contributed by atoms with Crippen LogP contribution in [-0.4, -0.2) is 67.0 Å². The summed E-state index contributed by atoms with van der Waals surface area (Å²) in [6.45, 7) is -0.170. The van der Waals surface area contributed by atoms with Crippen LogP contribution in [0.4, 0.5) is 10.5 Å². The van der Waals surface area contributed by atoms with Gasteiger partial charge in [0.25, 0.3) is 0 Å². The number of nitrogens with one attached hydrogen (secondary N) is 2. The molecule has 3 aliphatic rings. The first-order chi connectivity index (χ1) is 14.9. The van der Waals surface area contributed by atoms with Gasteiger partial charge in [0, 0.05) is 37.3 Å². The van der Waals surface area contributed by atoms with E-state index in [0.717, 1.165) is 37.0 Å². The van der Waals surface area contributed by atoms with E-state index in [1.165, 1.54) is 6.42 Å². The summed E-state index contributed by atoms with van der Waals surface area (Å²) in [5.41, 5.74) is 1.70. The number of urea groups is 1. The minimum atomic E-state index is -0.489. The maximum absolute atomic E-state index is 12.5. The molecule has 1 aromatic rings. The Kier molecular flexibility index (Phi) is 6.67. The number of carbonyl (C=O) groups is 2. The number of amides is 3. The minimum Gasteiger partial charge on any atom is -0.487 e. The van der Waals surface area contributed by atoms with E-state index in [2.05, 4.69) is 10.6 Å². The maximum Gasteiger partial charge on any atom is 0.319 e. The highest BCUT2D eigenvalue weighted by atomic mass is 16.6. The molecular weight excluding hydrogens is 398 g/mol. The standard InChI is InChI=1S/C23H33N3O5/c1-26(2)21(28)12-16-11-18-17-10-15(25-23(29)24-14-6-4-3-5-7-14)8-9-19(17)31-22(18)20(13-27)30-16/h8-10,14,16,18,20,22,27H,3-7,11-13H2,1-2H3,(H2,24,25,29)/t16-,18+,20+,22-/m0/s1. The normalized spacial score (nSPS) is 27.6. The molecule has 0 bridgehead atoms. The van der Waals surface area contributed by atoms with Crippen molar-refractivity contribution in [1.29, 1.82) is 0 Å². The Labute approximate surface area is 183 Å². The maximum atomic E-state index is 12.5. The van der Waals surface area contributed by atoms with E-state index >= 15 is 0 Å². The van der Waals surface area contributed by atoms with Gasteiger partial charge in [-0.15, -0.1) is 0 Å². The minimum absolute atomic E-state index is 0.00372. The van der Waals surface area contributed by atoms with E-state index in [-0.39, 0.29) is 49.1 Å². The summed E-state index contributed by atoms with van der Waals surface area (Å²) in [6, 6.07) is 5.70. The highest BCUT2D eigenvalue weighted by Crippen LogP contribution is 2.47. The zero-order valence-electron chi connectivity index (χ0n) is 18.3. The predicted molar refractivity (Wildman–Crippen MR) is 116 cm³/mol. The monoisotopic (exact) mass is 431 g/mol. The van der Waals surface area contributed by atoms with Crippen LogP contribution in [0.3, 0.4) is 0 Å². The molecule has 1 saturated heterocycles. The number of hydrogen-bond donors (Lipinski definition) is 3. The molecule has 2 fully saturated rings. The molecule has 1 aromatic carbocycles. The molecule has 170 valence electrons. The SMILES string of the molecule is CN(C)C(=O)C[C@@H]1C[C@@H]2c3cc(NC(=O)NC4CCCCC4)ccc3O[C@@H]2[C@@H](CO)O1. The first-order valence-electron chi connectivity index (χ1n) is 11.3. The van der Waals surface area contributed by atoms with Crippen molar-refractivity contribution in [3.63, 3.8) is 0 Å². The van der Waals surface area contributed by atoms with Crippen LogP contribution < -0.4 is 15.4 Å². The summed E-state index contributed by atoms with van der Waals surface area (Å²) in [5.74, 6) is 0.743. The van der Waals surface area contributed by atoms with Crippen LogP contribution in [0, 0.1) is 0 Å². The summed E-state index contributed by atoms with van der Waals surface area (Å²) in [6.07, 6.45) is 5.46. The van der Waals surface area contributed by atoms with E-state index in [1.54, 1.807) is 19.0 Å². The molecule has 31 heavy (non-hydrogen) atoms. The van der Waals surface area contributed by atoms with Crippen LogP contribution in [0.25, 0.3) is 0 Å². The van der Waals surface area contributed by atoms with Crippen molar-refractivity contribution >= 4 is 17.6 Å². The molecule has 0 radical (unpaired) electrons. The molecule has 4 atom stereocenters. The van der Waals surface area contributed by atoms with E-state index in [9.17, 15) is 14.7 Å². The van der Waals surface area contributed by atoms with Crippen molar-refractivity contribution in [2.24, 2.45) is 0 Å². The van der Waals surface area contributed by atoms with Crippen molar-refractivity contribution in [2.75, 3.05) is 26.0 Å². The van der Waals surface area contributed by atoms with Gasteiger partial charge in [-0.25, -0.2) is 4.79 Å². The second kappa shape index (κ2) is 9.44. The lowest BCUT2D eigenvalue weighted by molar-refractivity contribution is -0.147. The van der Waals surface area contributed by atoms with Gasteiger partial charge in [-0.3, -0.25) is 4.79 Å². The molecule has 0 aromatic heterocycles. The topological polar surface area (TPSA) is 100 Å². The molecule has 2 heterocycles. The Balaban J connectivity index is 1.45. The smallest absolute Gasteiger partial charge is 0.319 e. The Bertz CT molecular complexity index is 808. The highest BCUT2D eigenvalue weighted by Gasteiger charge is 2.46. The van der Waals surface area contributed by atoms with E-state index < -0.39 is 6.10 Å². The molecule has 0 unspecified atom stereocenters. The fraction of sp³-hybridized carbons (Fsp3) is 0.652. The van der Waals surface area contributed by atoms with Crippen molar-refractivity contribution in [3.8, 4) is 5.75 Å². The molecule has 0 spiro atoms. The van der Waals surface area contributed by atoms with Gasteiger partial charge in [0.05, 0.1) is 19.1 Å². The van der Waals surface area contributed by atoms with Gasteiger partial charge in [-0.2, -0.15) is 0 Å². The number of fused-ring (bicyclic) bond motifs is 3. The quantitative estimate of drug-likeness (QED) is 0.666. The zero-order valence-corrected chi connectivity index (χ0v) is 18.3. The molecule has 1 aliphatic carbocycles. The molecule has 3 amide bonds. The average molecular weight is 432 g/mol. The number of aliphatic hydroxyl groups excluding tert-OH is 1. The molecule has 1 saturated carbocycles. The van der Waals surface area contributed by atoms with Gasteiger partial charge in [0.15, 0.2) is 0 Å². The third-order valence-corrected chi connectivity index (χ3v) is 6.60. The zero-order chi connectivity index (χ0) is 22.0. The number of anilines is 1. The Morgan fingerprint density at radius 1 is 1.19 bits per heavy atom. The van der Waals surface area contributed by atoms with Crippen LogP contribution >= 0.6 is 0 Å². The summed E-state index contributed by atoms with van der Waals surface area (Å²) < 4.78 is 12.1. The van der Waals surface area contributed by atoms with Crippen molar-refractivity contribution < 1.29 is 24.2 Å². The number of nitrogens with zero attached hydrogens (tertiary/aromatic N) is 1. The number of aliphatic hydroxyl groups is 1. The second-order valence-electron chi connectivity index (χ2n) is 9.08. The van der Waals surface area contributed by atoms with Crippen LogP contribution in [-0.2, 0) is 9.53 Å². The average Bonchev–Trinajstić information content (AvgIpc) is 3.11. The van der Waals surface area contributed by atoms with Crippen LogP contribution in [0.15, 0.2) is 18.2 Å². The third-order valence-electron chi connectivity index (χ3n) is 6.60.